The molecule has 0 saturated carbocycles. The minimum Gasteiger partial charge on any atom is -0.336 e. The first-order valence-electron chi connectivity index (χ1n) is 8.29. The van der Waals surface area contributed by atoms with Crippen LogP contribution in [0.5, 0.6) is 0 Å². The zero-order chi connectivity index (χ0) is 14.9. The summed E-state index contributed by atoms with van der Waals surface area (Å²) in [6.45, 7) is 4.08. The molecule has 116 valence electrons. The molecule has 4 rings (SSSR count). The van der Waals surface area contributed by atoms with Gasteiger partial charge in [-0.1, -0.05) is 18.2 Å². The lowest BCUT2D eigenvalue weighted by molar-refractivity contribution is 0.0604. The van der Waals surface area contributed by atoms with Gasteiger partial charge in [-0.05, 0) is 44.8 Å². The minimum atomic E-state index is 0.0707. The molecule has 2 aliphatic rings. The molecule has 0 aliphatic carbocycles. The first-order chi connectivity index (χ1) is 10.8. The number of carbonyl (C=O) groups is 1. The molecule has 0 bridgehead atoms. The summed E-state index contributed by atoms with van der Waals surface area (Å²) < 4.78 is 0. The van der Waals surface area contributed by atoms with Crippen LogP contribution in [-0.2, 0) is 0 Å². The molecule has 1 atom stereocenters. The average molecular weight is 298 g/mol. The van der Waals surface area contributed by atoms with Gasteiger partial charge in [-0.25, -0.2) is 0 Å². The SMILES string of the molecule is O=C(c1n[nH]c2ccccc12)N1CCCC(N2CCCC2)C1. The van der Waals surface area contributed by atoms with E-state index in [-0.39, 0.29) is 5.91 Å². The maximum absolute atomic E-state index is 12.9. The molecular weight excluding hydrogens is 276 g/mol. The van der Waals surface area contributed by atoms with Crippen molar-refractivity contribution < 1.29 is 4.79 Å². The van der Waals surface area contributed by atoms with Crippen LogP contribution in [-0.4, -0.2) is 58.1 Å². The maximum atomic E-state index is 12.9. The van der Waals surface area contributed by atoms with E-state index in [9.17, 15) is 4.79 Å². The smallest absolute Gasteiger partial charge is 0.275 e. The third-order valence-electron chi connectivity index (χ3n) is 5.01. The van der Waals surface area contributed by atoms with Crippen LogP contribution in [0.2, 0.25) is 0 Å². The Bertz CT molecular complexity index is 674. The van der Waals surface area contributed by atoms with Crippen molar-refractivity contribution in [2.24, 2.45) is 0 Å². The van der Waals surface area contributed by atoms with Crippen LogP contribution < -0.4 is 0 Å². The number of aromatic nitrogens is 2. The lowest BCUT2D eigenvalue weighted by Crippen LogP contribution is -2.49. The standard InChI is InChI=1S/C17H22N4O/c22-17(16-14-7-1-2-8-15(14)18-19-16)21-11-5-6-13(12-21)20-9-3-4-10-20/h1-2,7-8,13H,3-6,9-12H2,(H,18,19). The van der Waals surface area contributed by atoms with E-state index >= 15 is 0 Å². The second-order valence-electron chi connectivity index (χ2n) is 6.41. The Kier molecular flexibility index (Phi) is 3.58. The molecule has 2 saturated heterocycles. The average Bonchev–Trinajstić information content (AvgIpc) is 3.24. The van der Waals surface area contributed by atoms with Gasteiger partial charge < -0.3 is 4.90 Å². The molecule has 1 amide bonds. The normalized spacial score (nSPS) is 23.3. The number of hydrogen-bond donors (Lipinski definition) is 1. The number of benzene rings is 1. The molecule has 1 aromatic heterocycles. The molecule has 2 fully saturated rings. The van der Waals surface area contributed by atoms with Gasteiger partial charge in [0.2, 0.25) is 0 Å². The number of nitrogens with zero attached hydrogens (tertiary/aromatic N) is 3. The van der Waals surface area contributed by atoms with Gasteiger partial charge in [0.05, 0.1) is 5.52 Å². The molecule has 0 radical (unpaired) electrons. The van der Waals surface area contributed by atoms with Crippen molar-refractivity contribution in [3.8, 4) is 0 Å². The van der Waals surface area contributed by atoms with E-state index in [1.165, 1.54) is 32.4 Å². The van der Waals surface area contributed by atoms with Gasteiger partial charge >= 0.3 is 0 Å². The number of hydrogen-bond acceptors (Lipinski definition) is 3. The molecule has 0 spiro atoms. The maximum Gasteiger partial charge on any atom is 0.275 e. The van der Waals surface area contributed by atoms with E-state index in [2.05, 4.69) is 15.1 Å². The van der Waals surface area contributed by atoms with Gasteiger partial charge in [-0.2, -0.15) is 5.10 Å². The third kappa shape index (κ3) is 2.39. The van der Waals surface area contributed by atoms with E-state index in [0.29, 0.717) is 11.7 Å². The fraction of sp³-hybridized carbons (Fsp3) is 0.529. The molecule has 5 heteroatoms. The molecule has 22 heavy (non-hydrogen) atoms. The van der Waals surface area contributed by atoms with Crippen molar-refractivity contribution in [1.82, 2.24) is 20.0 Å². The van der Waals surface area contributed by atoms with Gasteiger partial charge in [-0.3, -0.25) is 14.8 Å². The summed E-state index contributed by atoms with van der Waals surface area (Å²) in [7, 11) is 0. The van der Waals surface area contributed by atoms with Crippen LogP contribution >= 0.6 is 0 Å². The number of amides is 1. The van der Waals surface area contributed by atoms with Crippen LogP contribution in [0.3, 0.4) is 0 Å². The van der Waals surface area contributed by atoms with Crippen molar-refractivity contribution >= 4 is 16.8 Å². The summed E-state index contributed by atoms with van der Waals surface area (Å²) in [5.74, 6) is 0.0707. The monoisotopic (exact) mass is 298 g/mol. The first-order valence-corrected chi connectivity index (χ1v) is 8.29. The number of piperidine rings is 1. The lowest BCUT2D eigenvalue weighted by atomic mass is 10.0. The molecular formula is C17H22N4O. The summed E-state index contributed by atoms with van der Waals surface area (Å²) >= 11 is 0. The minimum absolute atomic E-state index is 0.0707. The summed E-state index contributed by atoms with van der Waals surface area (Å²) in [6.07, 6.45) is 4.91. The fourth-order valence-corrected chi connectivity index (χ4v) is 3.82. The van der Waals surface area contributed by atoms with E-state index in [1.807, 2.05) is 29.2 Å². The second kappa shape index (κ2) is 5.72. The fourth-order valence-electron chi connectivity index (χ4n) is 3.82. The van der Waals surface area contributed by atoms with Crippen molar-refractivity contribution in [2.75, 3.05) is 26.2 Å². The van der Waals surface area contributed by atoms with Crippen molar-refractivity contribution in [3.05, 3.63) is 30.0 Å². The number of H-pyrrole nitrogens is 1. The van der Waals surface area contributed by atoms with Crippen LogP contribution in [0.4, 0.5) is 0 Å². The molecule has 5 nitrogen and oxygen atoms in total. The Labute approximate surface area is 130 Å². The van der Waals surface area contributed by atoms with Crippen molar-refractivity contribution in [3.63, 3.8) is 0 Å². The Balaban J connectivity index is 1.54. The number of aromatic amines is 1. The van der Waals surface area contributed by atoms with Crippen LogP contribution in [0, 0.1) is 0 Å². The first kappa shape index (κ1) is 13.8. The summed E-state index contributed by atoms with van der Waals surface area (Å²) in [5.41, 5.74) is 1.50. The molecule has 1 unspecified atom stereocenters. The van der Waals surface area contributed by atoms with Gasteiger partial charge in [0.1, 0.15) is 0 Å². The number of para-hydroxylation sites is 1. The Morgan fingerprint density at radius 3 is 2.82 bits per heavy atom. The molecule has 3 heterocycles. The van der Waals surface area contributed by atoms with E-state index < -0.39 is 0 Å². The summed E-state index contributed by atoms with van der Waals surface area (Å²) in [4.78, 5) is 17.4. The predicted octanol–water partition coefficient (Wildman–Crippen LogP) is 2.26. The van der Waals surface area contributed by atoms with Crippen LogP contribution in [0.15, 0.2) is 24.3 Å². The largest absolute Gasteiger partial charge is 0.336 e. The highest BCUT2D eigenvalue weighted by Crippen LogP contribution is 2.23. The second-order valence-corrected chi connectivity index (χ2v) is 6.41. The summed E-state index contributed by atoms with van der Waals surface area (Å²) in [5, 5.41) is 8.16. The Morgan fingerprint density at radius 2 is 1.95 bits per heavy atom. The van der Waals surface area contributed by atoms with Gasteiger partial charge in [0.25, 0.3) is 5.91 Å². The number of rotatable bonds is 2. The highest BCUT2D eigenvalue weighted by atomic mass is 16.2. The summed E-state index contributed by atoms with van der Waals surface area (Å²) in [6, 6.07) is 8.37. The third-order valence-corrected chi connectivity index (χ3v) is 5.01. The highest BCUT2D eigenvalue weighted by molar-refractivity contribution is 6.04. The zero-order valence-electron chi connectivity index (χ0n) is 12.8. The highest BCUT2D eigenvalue weighted by Gasteiger charge is 2.30. The Hall–Kier alpha value is -1.88. The number of fused-ring (bicyclic) bond motifs is 1. The van der Waals surface area contributed by atoms with Crippen LogP contribution in [0.1, 0.15) is 36.2 Å². The topological polar surface area (TPSA) is 52.2 Å². The van der Waals surface area contributed by atoms with Gasteiger partial charge in [0.15, 0.2) is 5.69 Å². The van der Waals surface area contributed by atoms with E-state index in [1.54, 1.807) is 0 Å². The van der Waals surface area contributed by atoms with E-state index in [0.717, 1.165) is 30.4 Å². The van der Waals surface area contributed by atoms with Crippen molar-refractivity contribution in [2.45, 2.75) is 31.7 Å². The molecule has 2 aliphatic heterocycles. The number of carbonyl (C=O) groups excluding carboxylic acids is 1. The van der Waals surface area contributed by atoms with Crippen LogP contribution in [0.25, 0.3) is 10.9 Å². The Morgan fingerprint density at radius 1 is 1.14 bits per heavy atom. The number of likely N-dealkylation sites (tertiary alicyclic amines) is 2. The molecule has 2 aromatic rings. The van der Waals surface area contributed by atoms with Crippen molar-refractivity contribution in [1.29, 1.82) is 0 Å². The molecule has 1 aromatic carbocycles. The quantitative estimate of drug-likeness (QED) is 0.925. The van der Waals surface area contributed by atoms with Gasteiger partial charge in [-0.15, -0.1) is 0 Å². The van der Waals surface area contributed by atoms with Gasteiger partial charge in [0, 0.05) is 24.5 Å². The number of nitrogens with one attached hydrogen (secondary N) is 1. The van der Waals surface area contributed by atoms with E-state index in [4.69, 9.17) is 0 Å². The predicted molar refractivity (Wildman–Crippen MR) is 85.8 cm³/mol. The zero-order valence-corrected chi connectivity index (χ0v) is 12.8. The lowest BCUT2D eigenvalue weighted by Gasteiger charge is -2.37. The molecule has 1 N–H and O–H groups in total.